The number of nitrogens with zero attached hydrogens (tertiary/aromatic N) is 2. The van der Waals surface area contributed by atoms with Gasteiger partial charge >= 0.3 is 0 Å². The number of benzene rings is 1. The lowest BCUT2D eigenvalue weighted by Gasteiger charge is -2.16. The fourth-order valence-corrected chi connectivity index (χ4v) is 3.66. The van der Waals surface area contributed by atoms with Gasteiger partial charge in [-0.2, -0.15) is 0 Å². The summed E-state index contributed by atoms with van der Waals surface area (Å²) in [5.41, 5.74) is 3.98. The van der Waals surface area contributed by atoms with E-state index in [0.29, 0.717) is 0 Å². The molecule has 1 aromatic heterocycles. The molecule has 2 heterocycles. The molecule has 0 bridgehead atoms. The van der Waals surface area contributed by atoms with Crippen molar-refractivity contribution in [3.05, 3.63) is 35.5 Å². The molecule has 2 aromatic rings. The highest BCUT2D eigenvalue weighted by molar-refractivity contribution is 5.81. The number of likely N-dealkylation sites (tertiary alicyclic amines) is 1. The zero-order valence-electron chi connectivity index (χ0n) is 16.0. The molecule has 138 valence electrons. The molecule has 2 N–H and O–H groups in total. The minimum Gasteiger partial charge on any atom is -0.357 e. The number of fused-ring (bicyclic) bond motifs is 1. The van der Waals surface area contributed by atoms with Crippen LogP contribution in [0.15, 0.2) is 24.3 Å². The molecule has 0 radical (unpaired) electrons. The summed E-state index contributed by atoms with van der Waals surface area (Å²) in [6, 6.07) is 9.13. The molecule has 0 unspecified atom stereocenters. The van der Waals surface area contributed by atoms with Crippen LogP contribution in [0.25, 0.3) is 10.9 Å². The normalized spacial score (nSPS) is 15.6. The van der Waals surface area contributed by atoms with Gasteiger partial charge in [0.1, 0.15) is 0 Å². The van der Waals surface area contributed by atoms with Gasteiger partial charge in [0.05, 0.1) is 0 Å². The van der Waals surface area contributed by atoms with Crippen LogP contribution in [-0.2, 0) is 13.1 Å². The van der Waals surface area contributed by atoms with Gasteiger partial charge in [0.2, 0.25) is 0 Å². The van der Waals surface area contributed by atoms with E-state index < -0.39 is 0 Å². The standard InChI is InChI=1S/C21H34N4/c1-3-4-10-24(2)13-9-22-16-18-7-8-21-19(14-18)15-20(23-21)17-25-11-5-6-12-25/h7-8,14-15,22-23H,3-6,9-13,16-17H2,1-2H3. The van der Waals surface area contributed by atoms with Gasteiger partial charge in [-0.25, -0.2) is 0 Å². The van der Waals surface area contributed by atoms with E-state index in [9.17, 15) is 0 Å². The summed E-state index contributed by atoms with van der Waals surface area (Å²) in [5, 5.41) is 4.92. The second kappa shape index (κ2) is 9.37. The summed E-state index contributed by atoms with van der Waals surface area (Å²) in [5.74, 6) is 0. The molecule has 25 heavy (non-hydrogen) atoms. The van der Waals surface area contributed by atoms with Crippen molar-refractivity contribution < 1.29 is 0 Å². The fraction of sp³-hybridized carbons (Fsp3) is 0.619. The summed E-state index contributed by atoms with van der Waals surface area (Å²) >= 11 is 0. The third-order valence-corrected chi connectivity index (χ3v) is 5.23. The number of likely N-dealkylation sites (N-methyl/N-ethyl adjacent to an activating group) is 1. The van der Waals surface area contributed by atoms with Crippen LogP contribution in [0.1, 0.15) is 43.9 Å². The Morgan fingerprint density at radius 1 is 1.16 bits per heavy atom. The number of hydrogen-bond donors (Lipinski definition) is 2. The minimum absolute atomic E-state index is 0.949. The molecule has 1 aliphatic rings. The minimum atomic E-state index is 0.949. The topological polar surface area (TPSA) is 34.3 Å². The number of hydrogen-bond acceptors (Lipinski definition) is 3. The first-order valence-corrected chi connectivity index (χ1v) is 9.97. The first-order valence-electron chi connectivity index (χ1n) is 9.97. The van der Waals surface area contributed by atoms with Crippen molar-refractivity contribution in [2.24, 2.45) is 0 Å². The van der Waals surface area contributed by atoms with E-state index >= 15 is 0 Å². The molecule has 3 rings (SSSR count). The van der Waals surface area contributed by atoms with E-state index in [1.807, 2.05) is 0 Å². The predicted octanol–water partition coefficient (Wildman–Crippen LogP) is 3.59. The SMILES string of the molecule is CCCCN(C)CCNCc1ccc2[nH]c(CN3CCCC3)cc2c1. The van der Waals surface area contributed by atoms with Crippen LogP contribution in [-0.4, -0.2) is 54.6 Å². The number of nitrogens with one attached hydrogen (secondary N) is 2. The molecule has 1 aromatic carbocycles. The van der Waals surface area contributed by atoms with Crippen molar-refractivity contribution in [1.29, 1.82) is 0 Å². The van der Waals surface area contributed by atoms with E-state index in [2.05, 4.69) is 58.3 Å². The Morgan fingerprint density at radius 2 is 2.00 bits per heavy atom. The molecule has 1 fully saturated rings. The summed E-state index contributed by atoms with van der Waals surface area (Å²) < 4.78 is 0. The van der Waals surface area contributed by atoms with E-state index in [1.165, 1.54) is 67.5 Å². The largest absolute Gasteiger partial charge is 0.357 e. The van der Waals surface area contributed by atoms with Crippen molar-refractivity contribution >= 4 is 10.9 Å². The number of aromatic nitrogens is 1. The monoisotopic (exact) mass is 342 g/mol. The molecular weight excluding hydrogens is 308 g/mol. The van der Waals surface area contributed by atoms with Crippen molar-refractivity contribution in [2.45, 2.75) is 45.7 Å². The lowest BCUT2D eigenvalue weighted by molar-refractivity contribution is 0.325. The van der Waals surface area contributed by atoms with Gasteiger partial charge in [-0.15, -0.1) is 0 Å². The van der Waals surface area contributed by atoms with Crippen molar-refractivity contribution in [2.75, 3.05) is 39.8 Å². The number of H-pyrrole nitrogens is 1. The maximum atomic E-state index is 3.58. The maximum absolute atomic E-state index is 3.58. The molecule has 0 saturated carbocycles. The van der Waals surface area contributed by atoms with Crippen molar-refractivity contribution in [1.82, 2.24) is 20.1 Å². The lowest BCUT2D eigenvalue weighted by atomic mass is 10.1. The zero-order chi connectivity index (χ0) is 17.5. The molecule has 1 aliphatic heterocycles. The molecule has 1 saturated heterocycles. The van der Waals surface area contributed by atoms with Gasteiger partial charge in [-0.05, 0) is 69.7 Å². The van der Waals surface area contributed by atoms with Gasteiger partial charge < -0.3 is 15.2 Å². The zero-order valence-corrected chi connectivity index (χ0v) is 16.0. The van der Waals surface area contributed by atoms with Crippen LogP contribution in [0.2, 0.25) is 0 Å². The third kappa shape index (κ3) is 5.56. The van der Waals surface area contributed by atoms with Gasteiger partial charge in [-0.3, -0.25) is 4.90 Å². The number of rotatable bonds is 10. The summed E-state index contributed by atoms with van der Waals surface area (Å²) in [7, 11) is 2.21. The average molecular weight is 343 g/mol. The molecule has 0 spiro atoms. The highest BCUT2D eigenvalue weighted by Gasteiger charge is 2.13. The molecular formula is C21H34N4. The van der Waals surface area contributed by atoms with E-state index in [4.69, 9.17) is 0 Å². The lowest BCUT2D eigenvalue weighted by Crippen LogP contribution is -2.29. The Kier molecular flexibility index (Phi) is 6.91. The Labute approximate surface area is 152 Å². The van der Waals surface area contributed by atoms with Gasteiger partial charge in [-0.1, -0.05) is 19.4 Å². The second-order valence-corrected chi connectivity index (χ2v) is 7.53. The number of unbranched alkanes of at least 4 members (excludes halogenated alkanes) is 1. The van der Waals surface area contributed by atoms with Crippen LogP contribution in [0.3, 0.4) is 0 Å². The smallest absolute Gasteiger partial charge is 0.0456 e. The third-order valence-electron chi connectivity index (χ3n) is 5.23. The fourth-order valence-electron chi connectivity index (χ4n) is 3.66. The summed E-state index contributed by atoms with van der Waals surface area (Å²) in [6.07, 6.45) is 5.27. The molecule has 0 atom stereocenters. The van der Waals surface area contributed by atoms with Gasteiger partial charge in [0, 0.05) is 42.8 Å². The average Bonchev–Trinajstić information content (AvgIpc) is 3.25. The Morgan fingerprint density at radius 3 is 2.80 bits per heavy atom. The Hall–Kier alpha value is -1.36. The van der Waals surface area contributed by atoms with Crippen LogP contribution in [0, 0.1) is 0 Å². The Bertz CT molecular complexity index is 642. The van der Waals surface area contributed by atoms with Crippen LogP contribution in [0.4, 0.5) is 0 Å². The Balaban J connectivity index is 1.47. The first-order chi connectivity index (χ1) is 12.2. The summed E-state index contributed by atoms with van der Waals surface area (Å²) in [6.45, 7) is 10.1. The van der Waals surface area contributed by atoms with E-state index in [1.54, 1.807) is 0 Å². The molecule has 4 nitrogen and oxygen atoms in total. The second-order valence-electron chi connectivity index (χ2n) is 7.53. The van der Waals surface area contributed by atoms with Gasteiger partial charge in [0.25, 0.3) is 0 Å². The van der Waals surface area contributed by atoms with E-state index in [0.717, 1.165) is 26.2 Å². The van der Waals surface area contributed by atoms with E-state index in [-0.39, 0.29) is 0 Å². The maximum Gasteiger partial charge on any atom is 0.0456 e. The quantitative estimate of drug-likeness (QED) is 0.648. The predicted molar refractivity (Wildman–Crippen MR) is 107 cm³/mol. The van der Waals surface area contributed by atoms with Gasteiger partial charge in [0.15, 0.2) is 0 Å². The highest BCUT2D eigenvalue weighted by Crippen LogP contribution is 2.20. The van der Waals surface area contributed by atoms with Crippen LogP contribution in [0.5, 0.6) is 0 Å². The molecule has 0 amide bonds. The molecule has 0 aliphatic carbocycles. The number of aromatic amines is 1. The van der Waals surface area contributed by atoms with Crippen molar-refractivity contribution in [3.8, 4) is 0 Å². The highest BCUT2D eigenvalue weighted by atomic mass is 15.1. The van der Waals surface area contributed by atoms with Crippen molar-refractivity contribution in [3.63, 3.8) is 0 Å². The summed E-state index contributed by atoms with van der Waals surface area (Å²) in [4.78, 5) is 8.54. The first kappa shape index (κ1) is 18.4. The van der Waals surface area contributed by atoms with Crippen LogP contribution < -0.4 is 5.32 Å². The van der Waals surface area contributed by atoms with Crippen LogP contribution >= 0.6 is 0 Å². The molecule has 4 heteroatoms.